The lowest BCUT2D eigenvalue weighted by Crippen LogP contribution is -2.49. The van der Waals surface area contributed by atoms with E-state index in [1.165, 1.54) is 6.07 Å². The average Bonchev–Trinajstić information content (AvgIpc) is 2.25. The number of rotatable bonds is 3. The van der Waals surface area contributed by atoms with Gasteiger partial charge in [-0.3, -0.25) is 0 Å². The first-order valence-corrected chi connectivity index (χ1v) is 8.86. The van der Waals surface area contributed by atoms with Crippen molar-refractivity contribution in [1.82, 2.24) is 10.0 Å². The van der Waals surface area contributed by atoms with Gasteiger partial charge < -0.3 is 10.6 Å². The molecule has 1 aliphatic rings. The van der Waals surface area contributed by atoms with Crippen LogP contribution in [0, 0.1) is 0 Å². The lowest BCUT2D eigenvalue weighted by molar-refractivity contribution is 0.546. The number of halogens is 2. The van der Waals surface area contributed by atoms with Crippen LogP contribution in [0.1, 0.15) is 0 Å². The summed E-state index contributed by atoms with van der Waals surface area (Å²) in [5.74, 6) is 0. The van der Waals surface area contributed by atoms with E-state index >= 15 is 0 Å². The largest absolute Gasteiger partial charge is 0.367 e. The number of fused-ring (bicyclic) bond motifs is 1. The molecule has 0 radical (unpaired) electrons. The van der Waals surface area contributed by atoms with E-state index in [9.17, 15) is 16.8 Å². The summed E-state index contributed by atoms with van der Waals surface area (Å²) in [4.78, 5) is -0.643. The van der Waals surface area contributed by atoms with Crippen LogP contribution in [0.15, 0.2) is 21.9 Å². The molecule has 1 aromatic carbocycles. The van der Waals surface area contributed by atoms with E-state index in [4.69, 9.17) is 16.7 Å². The van der Waals surface area contributed by atoms with Crippen molar-refractivity contribution in [3.63, 3.8) is 0 Å². The second-order valence-corrected chi connectivity index (χ2v) is 7.82. The van der Waals surface area contributed by atoms with Crippen LogP contribution >= 0.6 is 24.0 Å². The van der Waals surface area contributed by atoms with Gasteiger partial charge in [0, 0.05) is 6.54 Å². The number of nitrogens with one attached hydrogen (secondary N) is 3. The standard InChI is InChI=1S/C9H13ClN4O4S2.ClH/c1-12-4-9-13-6-2-5(10)7(19(11,15)16)3-8(6)20(17,18)14-9;/h2-3,9,12-14H,4H2,1H3,(H2,11,15,16);1H. The van der Waals surface area contributed by atoms with Crippen LogP contribution in [0.5, 0.6) is 0 Å². The second kappa shape index (κ2) is 6.24. The second-order valence-electron chi connectivity index (χ2n) is 4.20. The van der Waals surface area contributed by atoms with E-state index in [1.807, 2.05) is 0 Å². The van der Waals surface area contributed by atoms with Crippen LogP contribution in [0.3, 0.4) is 0 Å². The van der Waals surface area contributed by atoms with E-state index in [1.54, 1.807) is 7.05 Å². The zero-order valence-corrected chi connectivity index (χ0v) is 14.0. The van der Waals surface area contributed by atoms with Crippen LogP contribution in [-0.4, -0.2) is 36.6 Å². The fraction of sp³-hybridized carbons (Fsp3) is 0.333. The zero-order valence-electron chi connectivity index (χ0n) is 10.8. The molecule has 0 saturated heterocycles. The summed E-state index contributed by atoms with van der Waals surface area (Å²) in [6, 6.07) is 2.18. The van der Waals surface area contributed by atoms with E-state index in [0.29, 0.717) is 6.54 Å². The minimum atomic E-state index is -4.11. The summed E-state index contributed by atoms with van der Waals surface area (Å²) in [6.07, 6.45) is -0.561. The smallest absolute Gasteiger partial charge is 0.244 e. The molecule has 1 unspecified atom stereocenters. The fourth-order valence-corrected chi connectivity index (χ4v) is 4.35. The topological polar surface area (TPSA) is 130 Å². The lowest BCUT2D eigenvalue weighted by atomic mass is 10.3. The Morgan fingerprint density at radius 2 is 2.05 bits per heavy atom. The minimum Gasteiger partial charge on any atom is -0.367 e. The predicted octanol–water partition coefficient (Wildman–Crippen LogP) is -0.341. The highest BCUT2D eigenvalue weighted by atomic mass is 35.5. The van der Waals surface area contributed by atoms with Crippen molar-refractivity contribution in [1.29, 1.82) is 0 Å². The Morgan fingerprint density at radius 1 is 1.43 bits per heavy atom. The normalized spacial score (nSPS) is 20.0. The van der Waals surface area contributed by atoms with Crippen molar-refractivity contribution in [3.8, 4) is 0 Å². The van der Waals surface area contributed by atoms with Gasteiger partial charge >= 0.3 is 0 Å². The predicted molar refractivity (Wildman–Crippen MR) is 81.7 cm³/mol. The Balaban J connectivity index is 0.00000220. The van der Waals surface area contributed by atoms with Crippen molar-refractivity contribution < 1.29 is 16.8 Å². The number of hydrogen-bond acceptors (Lipinski definition) is 6. The molecule has 0 bridgehead atoms. The highest BCUT2D eigenvalue weighted by Crippen LogP contribution is 2.33. The first-order chi connectivity index (χ1) is 9.15. The molecule has 12 heteroatoms. The summed E-state index contributed by atoms with van der Waals surface area (Å²) in [6.45, 7) is 0.341. The molecule has 0 aromatic heterocycles. The molecule has 21 heavy (non-hydrogen) atoms. The fourth-order valence-electron chi connectivity index (χ4n) is 1.85. The maximum atomic E-state index is 12.1. The number of primary sulfonamides is 1. The highest BCUT2D eigenvalue weighted by Gasteiger charge is 2.31. The Morgan fingerprint density at radius 3 is 2.57 bits per heavy atom. The molecule has 120 valence electrons. The number of nitrogens with two attached hydrogens (primary N) is 1. The van der Waals surface area contributed by atoms with Gasteiger partial charge in [0.2, 0.25) is 20.0 Å². The Bertz CT molecular complexity index is 751. The summed E-state index contributed by atoms with van der Waals surface area (Å²) in [7, 11) is -6.28. The third kappa shape index (κ3) is 3.77. The van der Waals surface area contributed by atoms with Crippen LogP contribution in [0.4, 0.5) is 5.69 Å². The van der Waals surface area contributed by atoms with Crippen molar-refractivity contribution >= 4 is 49.7 Å². The van der Waals surface area contributed by atoms with Gasteiger partial charge in [-0.05, 0) is 19.2 Å². The van der Waals surface area contributed by atoms with Gasteiger partial charge in [-0.25, -0.2) is 22.0 Å². The van der Waals surface area contributed by atoms with Gasteiger partial charge in [-0.2, -0.15) is 4.72 Å². The number of hydrogen-bond donors (Lipinski definition) is 4. The molecule has 0 amide bonds. The zero-order chi connectivity index (χ0) is 15.1. The molecule has 0 fully saturated rings. The quantitative estimate of drug-likeness (QED) is 0.570. The van der Waals surface area contributed by atoms with Crippen molar-refractivity contribution in [3.05, 3.63) is 17.2 Å². The van der Waals surface area contributed by atoms with E-state index in [2.05, 4.69) is 15.4 Å². The number of sulfonamides is 2. The van der Waals surface area contributed by atoms with E-state index in [0.717, 1.165) is 6.07 Å². The van der Waals surface area contributed by atoms with E-state index < -0.39 is 31.1 Å². The molecular weight excluding hydrogens is 363 g/mol. The summed E-state index contributed by atoms with van der Waals surface area (Å²) in [5, 5.41) is 10.6. The molecule has 1 atom stereocenters. The molecule has 0 saturated carbocycles. The third-order valence-electron chi connectivity index (χ3n) is 2.67. The van der Waals surface area contributed by atoms with Gasteiger partial charge in [-0.15, -0.1) is 12.4 Å². The molecule has 2 rings (SSSR count). The Labute approximate surface area is 133 Å². The van der Waals surface area contributed by atoms with Crippen LogP contribution in [0.25, 0.3) is 0 Å². The van der Waals surface area contributed by atoms with Crippen LogP contribution < -0.4 is 20.5 Å². The maximum Gasteiger partial charge on any atom is 0.244 e. The monoisotopic (exact) mass is 376 g/mol. The van der Waals surface area contributed by atoms with Crippen LogP contribution in [0.2, 0.25) is 5.02 Å². The van der Waals surface area contributed by atoms with Gasteiger partial charge in [0.15, 0.2) is 0 Å². The van der Waals surface area contributed by atoms with Gasteiger partial charge in [0.05, 0.1) is 10.7 Å². The highest BCUT2D eigenvalue weighted by molar-refractivity contribution is 7.90. The van der Waals surface area contributed by atoms with E-state index in [-0.39, 0.29) is 28.0 Å². The molecule has 8 nitrogen and oxygen atoms in total. The minimum absolute atomic E-state index is 0. The Kier molecular flexibility index (Phi) is 5.48. The molecule has 1 aromatic rings. The lowest BCUT2D eigenvalue weighted by Gasteiger charge is -2.28. The SMILES string of the molecule is CNCC1Nc2cc(Cl)c(S(N)(=O)=O)cc2S(=O)(=O)N1.Cl. The van der Waals surface area contributed by atoms with Gasteiger partial charge in [0.1, 0.15) is 16.0 Å². The van der Waals surface area contributed by atoms with Crippen LogP contribution in [-0.2, 0) is 20.0 Å². The molecular formula is C9H14Cl2N4O4S2. The van der Waals surface area contributed by atoms with Crippen molar-refractivity contribution in [2.45, 2.75) is 16.0 Å². The number of anilines is 1. The van der Waals surface area contributed by atoms with Crippen molar-refractivity contribution in [2.24, 2.45) is 5.14 Å². The van der Waals surface area contributed by atoms with Gasteiger partial charge in [0.25, 0.3) is 0 Å². The average molecular weight is 377 g/mol. The number of likely N-dealkylation sites (N-methyl/N-ethyl adjacent to an activating group) is 1. The number of benzene rings is 1. The first-order valence-electron chi connectivity index (χ1n) is 5.45. The molecule has 0 aliphatic carbocycles. The van der Waals surface area contributed by atoms with Gasteiger partial charge in [-0.1, -0.05) is 11.6 Å². The third-order valence-corrected chi connectivity index (χ3v) is 5.55. The molecule has 5 N–H and O–H groups in total. The van der Waals surface area contributed by atoms with Crippen molar-refractivity contribution in [2.75, 3.05) is 18.9 Å². The summed E-state index contributed by atoms with van der Waals surface area (Å²) in [5.41, 5.74) is 0.224. The molecule has 1 heterocycles. The molecule has 0 spiro atoms. The molecule has 1 aliphatic heterocycles. The summed E-state index contributed by atoms with van der Waals surface area (Å²) >= 11 is 5.83. The first kappa shape index (κ1) is 18.4. The maximum absolute atomic E-state index is 12.1. The Hall–Kier alpha value is -0.620. The summed E-state index contributed by atoms with van der Waals surface area (Å²) < 4.78 is 49.3.